The van der Waals surface area contributed by atoms with Gasteiger partial charge in [-0.05, 0) is 30.3 Å². The summed E-state index contributed by atoms with van der Waals surface area (Å²) >= 11 is 0. The monoisotopic (exact) mass is 539 g/mol. The molecule has 0 unspecified atom stereocenters. The van der Waals surface area contributed by atoms with Crippen LogP contribution in [-0.4, -0.2) is 84.2 Å². The molecular weight excluding hydrogens is 506 g/mol. The fourth-order valence-electron chi connectivity index (χ4n) is 4.62. The third-order valence-corrected chi connectivity index (χ3v) is 6.79. The number of nitrogens with zero attached hydrogens (tertiary/aromatic N) is 4. The second kappa shape index (κ2) is 13.1. The van der Waals surface area contributed by atoms with Crippen molar-refractivity contribution in [2.24, 2.45) is 0 Å². The van der Waals surface area contributed by atoms with Crippen LogP contribution in [0.5, 0.6) is 5.75 Å². The number of carbonyl (C=O) groups excluding carboxylic acids is 2. The number of carbonyl (C=O) groups is 2. The number of hydrogen-bond acceptors (Lipinski definition) is 6. The maximum absolute atomic E-state index is 13.6. The van der Waals surface area contributed by atoms with Crippen molar-refractivity contribution >= 4 is 17.8 Å². The van der Waals surface area contributed by atoms with Crippen LogP contribution in [0.1, 0.15) is 10.4 Å². The van der Waals surface area contributed by atoms with Gasteiger partial charge in [0.1, 0.15) is 12.3 Å². The van der Waals surface area contributed by atoms with E-state index < -0.39 is 0 Å². The number of benzene rings is 3. The third kappa shape index (κ3) is 6.74. The van der Waals surface area contributed by atoms with Crippen LogP contribution in [0.15, 0.2) is 91.1 Å². The van der Waals surface area contributed by atoms with Crippen LogP contribution in [0.3, 0.4) is 0 Å². The van der Waals surface area contributed by atoms with Crippen LogP contribution in [0.4, 0.5) is 5.95 Å². The van der Waals surface area contributed by atoms with Crippen molar-refractivity contribution in [2.45, 2.75) is 0 Å². The van der Waals surface area contributed by atoms with Crippen molar-refractivity contribution in [1.29, 1.82) is 0 Å². The molecule has 0 atom stereocenters. The first-order valence-electron chi connectivity index (χ1n) is 13.3. The third-order valence-electron chi connectivity index (χ3n) is 6.79. The number of amides is 2. The van der Waals surface area contributed by atoms with E-state index in [4.69, 9.17) is 14.5 Å². The molecule has 5 rings (SSSR count). The van der Waals surface area contributed by atoms with E-state index in [1.165, 1.54) is 0 Å². The van der Waals surface area contributed by atoms with Crippen molar-refractivity contribution in [3.8, 4) is 22.7 Å². The minimum absolute atomic E-state index is 0.122. The molecule has 206 valence electrons. The van der Waals surface area contributed by atoms with Crippen LogP contribution in [0.2, 0.25) is 0 Å². The fraction of sp³-hybridized carbons (Fsp3) is 0.258. The van der Waals surface area contributed by atoms with Gasteiger partial charge in [-0.25, -0.2) is 4.98 Å². The topological polar surface area (TPSA) is 88.9 Å². The Bertz CT molecular complexity index is 1420. The lowest BCUT2D eigenvalue weighted by atomic mass is 10.2. The van der Waals surface area contributed by atoms with Crippen molar-refractivity contribution < 1.29 is 19.1 Å². The van der Waals surface area contributed by atoms with E-state index in [0.29, 0.717) is 43.6 Å². The van der Waals surface area contributed by atoms with Gasteiger partial charge in [-0.3, -0.25) is 24.4 Å². The van der Waals surface area contributed by atoms with Crippen LogP contribution in [0.25, 0.3) is 16.9 Å². The predicted octanol–water partition coefficient (Wildman–Crippen LogP) is 3.96. The van der Waals surface area contributed by atoms with E-state index in [-0.39, 0.29) is 18.4 Å². The molecule has 9 nitrogen and oxygen atoms in total. The highest BCUT2D eigenvalue weighted by molar-refractivity contribution is 5.99. The Balaban J connectivity index is 1.37. The largest absolute Gasteiger partial charge is 0.497 e. The second-order valence-corrected chi connectivity index (χ2v) is 9.48. The number of aromatic nitrogens is 2. The molecule has 0 spiro atoms. The van der Waals surface area contributed by atoms with Crippen LogP contribution >= 0.6 is 0 Å². The molecule has 0 saturated carbocycles. The molecule has 1 aromatic heterocycles. The summed E-state index contributed by atoms with van der Waals surface area (Å²) in [5.74, 6) is 0.401. The molecule has 1 saturated heterocycles. The van der Waals surface area contributed by atoms with Gasteiger partial charge in [-0.2, -0.15) is 0 Å². The van der Waals surface area contributed by atoms with Crippen molar-refractivity contribution in [2.75, 3.05) is 58.4 Å². The minimum atomic E-state index is -0.333. The zero-order chi connectivity index (χ0) is 27.7. The van der Waals surface area contributed by atoms with Gasteiger partial charge in [0.05, 0.1) is 26.0 Å². The maximum atomic E-state index is 13.6. The molecular formula is C31H33N5O4. The number of rotatable bonds is 10. The van der Waals surface area contributed by atoms with Crippen molar-refractivity contribution in [3.63, 3.8) is 0 Å². The summed E-state index contributed by atoms with van der Waals surface area (Å²) in [5, 5.41) is 2.96. The van der Waals surface area contributed by atoms with Gasteiger partial charge in [0, 0.05) is 49.2 Å². The number of anilines is 1. The standard InChI is InChI=1S/C31H33N5O4/c1-39-27-14-8-11-25(21-27)30(38)35(16-15-34-17-19-40-20-18-34)23-29(37)33-31-32-28(24-9-4-2-5-10-24)22-36(31)26-12-6-3-7-13-26/h2-14,21-22H,15-20,23H2,1H3,(H,32,33,37). The van der Waals surface area contributed by atoms with E-state index in [9.17, 15) is 9.59 Å². The summed E-state index contributed by atoms with van der Waals surface area (Å²) in [6.07, 6.45) is 1.90. The van der Waals surface area contributed by atoms with Gasteiger partial charge in [-0.1, -0.05) is 54.6 Å². The lowest BCUT2D eigenvalue weighted by molar-refractivity contribution is -0.117. The highest BCUT2D eigenvalue weighted by Crippen LogP contribution is 2.24. The van der Waals surface area contributed by atoms with E-state index in [0.717, 1.165) is 30.0 Å². The van der Waals surface area contributed by atoms with Gasteiger partial charge in [-0.15, -0.1) is 0 Å². The Kier molecular flexibility index (Phi) is 8.85. The van der Waals surface area contributed by atoms with Crippen LogP contribution < -0.4 is 10.1 Å². The van der Waals surface area contributed by atoms with Crippen molar-refractivity contribution in [3.05, 3.63) is 96.7 Å². The molecule has 1 fully saturated rings. The van der Waals surface area contributed by atoms with Crippen LogP contribution in [0, 0.1) is 0 Å². The molecule has 1 N–H and O–H groups in total. The van der Waals surface area contributed by atoms with Gasteiger partial charge >= 0.3 is 0 Å². The van der Waals surface area contributed by atoms with Gasteiger partial charge in [0.2, 0.25) is 11.9 Å². The number of imidazole rings is 1. The highest BCUT2D eigenvalue weighted by atomic mass is 16.5. The minimum Gasteiger partial charge on any atom is -0.497 e. The molecule has 9 heteroatoms. The average molecular weight is 540 g/mol. The predicted molar refractivity (Wildman–Crippen MR) is 154 cm³/mol. The van der Waals surface area contributed by atoms with Crippen molar-refractivity contribution in [1.82, 2.24) is 19.4 Å². The van der Waals surface area contributed by atoms with Gasteiger partial charge in [0.15, 0.2) is 0 Å². The number of nitrogens with one attached hydrogen (secondary N) is 1. The Morgan fingerprint density at radius 3 is 2.42 bits per heavy atom. The summed E-state index contributed by atoms with van der Waals surface area (Å²) < 4.78 is 12.6. The molecule has 2 heterocycles. The Hall–Kier alpha value is -4.47. The Labute approximate surface area is 234 Å². The van der Waals surface area contributed by atoms with E-state index >= 15 is 0 Å². The normalized spacial score (nSPS) is 13.5. The van der Waals surface area contributed by atoms with Crippen LogP contribution in [-0.2, 0) is 9.53 Å². The molecule has 1 aliphatic rings. The second-order valence-electron chi connectivity index (χ2n) is 9.48. The molecule has 3 aromatic carbocycles. The first-order valence-corrected chi connectivity index (χ1v) is 13.3. The quantitative estimate of drug-likeness (QED) is 0.328. The Morgan fingerprint density at radius 1 is 0.975 bits per heavy atom. The molecule has 4 aromatic rings. The zero-order valence-electron chi connectivity index (χ0n) is 22.5. The van der Waals surface area contributed by atoms with Gasteiger partial charge in [0.25, 0.3) is 5.91 Å². The van der Waals surface area contributed by atoms with E-state index in [1.807, 2.05) is 71.4 Å². The lowest BCUT2D eigenvalue weighted by Crippen LogP contribution is -2.45. The first kappa shape index (κ1) is 27.1. The average Bonchev–Trinajstić information content (AvgIpc) is 3.44. The molecule has 0 bridgehead atoms. The zero-order valence-corrected chi connectivity index (χ0v) is 22.5. The number of morpholine rings is 1. The summed E-state index contributed by atoms with van der Waals surface area (Å²) in [5.41, 5.74) is 3.00. The molecule has 1 aliphatic heterocycles. The molecule has 0 radical (unpaired) electrons. The number of para-hydroxylation sites is 1. The molecule has 40 heavy (non-hydrogen) atoms. The highest BCUT2D eigenvalue weighted by Gasteiger charge is 2.23. The SMILES string of the molecule is COc1cccc(C(=O)N(CCN2CCOCC2)CC(=O)Nc2nc(-c3ccccc3)cn2-c2ccccc2)c1. The maximum Gasteiger partial charge on any atom is 0.254 e. The number of methoxy groups -OCH3 is 1. The summed E-state index contributed by atoms with van der Waals surface area (Å²) in [7, 11) is 1.56. The Morgan fingerprint density at radius 2 is 1.70 bits per heavy atom. The lowest BCUT2D eigenvalue weighted by Gasteiger charge is -2.30. The molecule has 2 amide bonds. The smallest absolute Gasteiger partial charge is 0.254 e. The number of hydrogen-bond donors (Lipinski definition) is 1. The fourth-order valence-corrected chi connectivity index (χ4v) is 4.62. The molecule has 0 aliphatic carbocycles. The number of ether oxygens (including phenoxy) is 2. The summed E-state index contributed by atoms with van der Waals surface area (Å²) in [6, 6.07) is 26.5. The van der Waals surface area contributed by atoms with E-state index in [1.54, 1.807) is 36.3 Å². The van der Waals surface area contributed by atoms with Gasteiger partial charge < -0.3 is 14.4 Å². The summed E-state index contributed by atoms with van der Waals surface area (Å²) in [4.78, 5) is 35.6. The summed E-state index contributed by atoms with van der Waals surface area (Å²) in [6.45, 7) is 3.83. The first-order chi connectivity index (χ1) is 19.6. The van der Waals surface area contributed by atoms with E-state index in [2.05, 4.69) is 10.2 Å².